The quantitative estimate of drug-likeness (QED) is 0.820. The summed E-state index contributed by atoms with van der Waals surface area (Å²) in [6, 6.07) is 6.81. The predicted molar refractivity (Wildman–Crippen MR) is 72.4 cm³/mol. The van der Waals surface area contributed by atoms with E-state index < -0.39 is 10.0 Å². The van der Waals surface area contributed by atoms with E-state index in [1.807, 2.05) is 13.0 Å². The summed E-state index contributed by atoms with van der Waals surface area (Å²) in [7, 11) is -1.92. The molecule has 0 aromatic heterocycles. The van der Waals surface area contributed by atoms with E-state index in [-0.39, 0.29) is 0 Å². The Morgan fingerprint density at radius 2 is 2.12 bits per heavy atom. The lowest BCUT2D eigenvalue weighted by atomic mass is 10.2. The third-order valence-electron chi connectivity index (χ3n) is 2.37. The second-order valence-corrected chi connectivity index (χ2v) is 6.43. The maximum absolute atomic E-state index is 12.1. The summed E-state index contributed by atoms with van der Waals surface area (Å²) in [6.45, 7) is 2.15. The van der Waals surface area contributed by atoms with Crippen molar-refractivity contribution in [2.45, 2.75) is 18.2 Å². The molecule has 0 fully saturated rings. The maximum Gasteiger partial charge on any atom is 0.242 e. The molecule has 0 aliphatic carbocycles. The van der Waals surface area contributed by atoms with Crippen molar-refractivity contribution in [3.63, 3.8) is 0 Å². The number of sulfonamides is 1. The van der Waals surface area contributed by atoms with E-state index in [4.69, 9.17) is 18.0 Å². The Labute approximate surface area is 107 Å². The molecule has 0 amide bonds. The summed E-state index contributed by atoms with van der Waals surface area (Å²) in [5.74, 6) is 0. The van der Waals surface area contributed by atoms with Crippen LogP contribution in [0.15, 0.2) is 29.2 Å². The van der Waals surface area contributed by atoms with E-state index in [0.29, 0.717) is 22.8 Å². The molecule has 0 spiro atoms. The number of benzene rings is 1. The SMILES string of the molecule is Cc1cccc(S(=O)(=O)N(C)CCC(N)=S)c1. The summed E-state index contributed by atoms with van der Waals surface area (Å²) in [5.41, 5.74) is 6.27. The fraction of sp³-hybridized carbons (Fsp3) is 0.364. The minimum absolute atomic E-state index is 0.294. The highest BCUT2D eigenvalue weighted by molar-refractivity contribution is 7.89. The third kappa shape index (κ3) is 3.76. The van der Waals surface area contributed by atoms with Crippen LogP contribution in [0.5, 0.6) is 0 Å². The van der Waals surface area contributed by atoms with Crippen LogP contribution in [0.4, 0.5) is 0 Å². The summed E-state index contributed by atoms with van der Waals surface area (Å²) in [6.07, 6.45) is 0.386. The fourth-order valence-electron chi connectivity index (χ4n) is 1.34. The van der Waals surface area contributed by atoms with Crippen molar-refractivity contribution in [2.24, 2.45) is 5.73 Å². The molecule has 2 N–H and O–H groups in total. The summed E-state index contributed by atoms with van der Waals surface area (Å²) < 4.78 is 25.5. The minimum atomic E-state index is -3.44. The zero-order valence-corrected chi connectivity index (χ0v) is 11.5. The van der Waals surface area contributed by atoms with Gasteiger partial charge in [0.2, 0.25) is 10.0 Å². The van der Waals surface area contributed by atoms with Gasteiger partial charge >= 0.3 is 0 Å². The van der Waals surface area contributed by atoms with Gasteiger partial charge in [-0.05, 0) is 24.6 Å². The van der Waals surface area contributed by atoms with Crippen LogP contribution in [0.1, 0.15) is 12.0 Å². The number of hydrogen-bond donors (Lipinski definition) is 1. The maximum atomic E-state index is 12.1. The van der Waals surface area contributed by atoms with Crippen molar-refractivity contribution in [1.29, 1.82) is 0 Å². The Hall–Kier alpha value is -0.980. The molecule has 0 radical (unpaired) electrons. The van der Waals surface area contributed by atoms with Gasteiger partial charge in [-0.15, -0.1) is 0 Å². The van der Waals surface area contributed by atoms with Gasteiger partial charge in [0.15, 0.2) is 0 Å². The Morgan fingerprint density at radius 3 is 2.65 bits per heavy atom. The first-order valence-electron chi connectivity index (χ1n) is 5.15. The van der Waals surface area contributed by atoms with Crippen molar-refractivity contribution >= 4 is 27.2 Å². The van der Waals surface area contributed by atoms with Crippen molar-refractivity contribution in [2.75, 3.05) is 13.6 Å². The fourth-order valence-corrected chi connectivity index (χ4v) is 2.71. The summed E-state index contributed by atoms with van der Waals surface area (Å²) in [5, 5.41) is 0. The van der Waals surface area contributed by atoms with E-state index in [2.05, 4.69) is 0 Å². The highest BCUT2D eigenvalue weighted by atomic mass is 32.2. The van der Waals surface area contributed by atoms with Gasteiger partial charge in [-0.25, -0.2) is 12.7 Å². The smallest absolute Gasteiger partial charge is 0.242 e. The summed E-state index contributed by atoms with van der Waals surface area (Å²) >= 11 is 4.73. The second kappa shape index (κ2) is 5.57. The normalized spacial score (nSPS) is 11.7. The van der Waals surface area contributed by atoms with Crippen LogP contribution in [-0.4, -0.2) is 31.3 Å². The number of nitrogens with zero attached hydrogens (tertiary/aromatic N) is 1. The summed E-state index contributed by atoms with van der Waals surface area (Å²) in [4.78, 5) is 0.610. The van der Waals surface area contributed by atoms with Gasteiger partial charge in [0.05, 0.1) is 9.88 Å². The average molecular weight is 272 g/mol. The van der Waals surface area contributed by atoms with Gasteiger partial charge in [0, 0.05) is 20.0 Å². The van der Waals surface area contributed by atoms with E-state index in [0.717, 1.165) is 5.56 Å². The first-order valence-corrected chi connectivity index (χ1v) is 7.00. The molecule has 0 aliphatic rings. The third-order valence-corrected chi connectivity index (χ3v) is 4.43. The van der Waals surface area contributed by atoms with Crippen LogP contribution in [0, 0.1) is 6.92 Å². The molecule has 0 heterocycles. The van der Waals surface area contributed by atoms with Crippen LogP contribution in [0.2, 0.25) is 0 Å². The molecular formula is C11H16N2O2S2. The molecule has 1 rings (SSSR count). The number of thiocarbonyl (C=S) groups is 1. The van der Waals surface area contributed by atoms with Gasteiger partial charge in [-0.3, -0.25) is 0 Å². The van der Waals surface area contributed by atoms with Gasteiger partial charge in [-0.1, -0.05) is 24.4 Å². The lowest BCUT2D eigenvalue weighted by Crippen LogP contribution is -2.30. The Bertz CT molecular complexity index is 512. The largest absolute Gasteiger partial charge is 0.393 e. The molecule has 4 nitrogen and oxygen atoms in total. The topological polar surface area (TPSA) is 63.4 Å². The van der Waals surface area contributed by atoms with Gasteiger partial charge in [0.1, 0.15) is 0 Å². The first-order chi connectivity index (χ1) is 7.84. The monoisotopic (exact) mass is 272 g/mol. The van der Waals surface area contributed by atoms with Crippen LogP contribution < -0.4 is 5.73 Å². The van der Waals surface area contributed by atoms with E-state index in [9.17, 15) is 8.42 Å². The van der Waals surface area contributed by atoms with Gasteiger partial charge < -0.3 is 5.73 Å². The molecule has 1 aromatic carbocycles. The molecule has 0 bridgehead atoms. The number of nitrogens with two attached hydrogens (primary N) is 1. The first kappa shape index (κ1) is 14.1. The molecule has 0 unspecified atom stereocenters. The standard InChI is InChI=1S/C11H16N2O2S2/c1-9-4-3-5-10(8-9)17(14,15)13(2)7-6-11(12)16/h3-5,8H,6-7H2,1-2H3,(H2,12,16). The van der Waals surface area contributed by atoms with Crippen molar-refractivity contribution in [1.82, 2.24) is 4.31 Å². The van der Waals surface area contributed by atoms with Gasteiger partial charge in [0.25, 0.3) is 0 Å². The highest BCUT2D eigenvalue weighted by Crippen LogP contribution is 2.15. The molecular weight excluding hydrogens is 256 g/mol. The number of rotatable bonds is 5. The molecule has 0 saturated heterocycles. The predicted octanol–water partition coefficient (Wildman–Crippen LogP) is 1.29. The van der Waals surface area contributed by atoms with E-state index >= 15 is 0 Å². The zero-order chi connectivity index (χ0) is 13.1. The van der Waals surface area contributed by atoms with Crippen LogP contribution in [0.3, 0.4) is 0 Å². The number of aryl methyl sites for hydroxylation is 1. The van der Waals surface area contributed by atoms with Crippen molar-refractivity contribution in [3.05, 3.63) is 29.8 Å². The Morgan fingerprint density at radius 1 is 1.47 bits per heavy atom. The van der Waals surface area contributed by atoms with Crippen molar-refractivity contribution < 1.29 is 8.42 Å². The van der Waals surface area contributed by atoms with Crippen LogP contribution in [-0.2, 0) is 10.0 Å². The molecule has 0 saturated carbocycles. The van der Waals surface area contributed by atoms with E-state index in [1.165, 1.54) is 11.4 Å². The zero-order valence-electron chi connectivity index (χ0n) is 9.88. The lowest BCUT2D eigenvalue weighted by molar-refractivity contribution is 0.479. The van der Waals surface area contributed by atoms with Crippen molar-refractivity contribution in [3.8, 4) is 0 Å². The number of hydrogen-bond acceptors (Lipinski definition) is 3. The van der Waals surface area contributed by atoms with E-state index in [1.54, 1.807) is 18.2 Å². The molecule has 0 atom stereocenters. The molecule has 94 valence electrons. The Balaban J connectivity index is 2.91. The molecule has 0 aliphatic heterocycles. The van der Waals surface area contributed by atoms with Gasteiger partial charge in [-0.2, -0.15) is 0 Å². The second-order valence-electron chi connectivity index (χ2n) is 3.86. The van der Waals surface area contributed by atoms with Crippen LogP contribution in [0.25, 0.3) is 0 Å². The minimum Gasteiger partial charge on any atom is -0.393 e. The lowest BCUT2D eigenvalue weighted by Gasteiger charge is -2.17. The highest BCUT2D eigenvalue weighted by Gasteiger charge is 2.20. The average Bonchev–Trinajstić information content (AvgIpc) is 2.25. The van der Waals surface area contributed by atoms with Crippen LogP contribution >= 0.6 is 12.2 Å². The molecule has 17 heavy (non-hydrogen) atoms. The molecule has 1 aromatic rings. The Kier molecular flexibility index (Phi) is 4.62. The molecule has 6 heteroatoms.